The number of nitrogens with one attached hydrogen (secondary N) is 1. The zero-order valence-corrected chi connectivity index (χ0v) is 9.38. The molecule has 3 heteroatoms. The fourth-order valence-electron chi connectivity index (χ4n) is 2.00. The van der Waals surface area contributed by atoms with Crippen molar-refractivity contribution in [3.63, 3.8) is 0 Å². The Kier molecular flexibility index (Phi) is 4.85. The zero-order chi connectivity index (χ0) is 10.4. The Hall–Kier alpha value is -0.120. The van der Waals surface area contributed by atoms with Crippen LogP contribution >= 0.6 is 0 Å². The molecule has 14 heavy (non-hydrogen) atoms. The van der Waals surface area contributed by atoms with Crippen molar-refractivity contribution in [1.29, 1.82) is 0 Å². The second-order valence-corrected chi connectivity index (χ2v) is 4.46. The smallest absolute Gasteiger partial charge is 0.0880 e. The molecule has 1 unspecified atom stereocenters. The van der Waals surface area contributed by atoms with Gasteiger partial charge in [0, 0.05) is 6.54 Å². The van der Waals surface area contributed by atoms with E-state index in [1.165, 1.54) is 6.42 Å². The van der Waals surface area contributed by atoms with Gasteiger partial charge in [-0.1, -0.05) is 19.3 Å². The molecule has 84 valence electrons. The van der Waals surface area contributed by atoms with Crippen molar-refractivity contribution in [3.05, 3.63) is 0 Å². The van der Waals surface area contributed by atoms with E-state index in [0.29, 0.717) is 6.61 Å². The quantitative estimate of drug-likeness (QED) is 0.704. The minimum absolute atomic E-state index is 0.186. The lowest BCUT2D eigenvalue weighted by Crippen LogP contribution is -2.39. The van der Waals surface area contributed by atoms with Crippen LogP contribution in [0.1, 0.15) is 39.0 Å². The van der Waals surface area contributed by atoms with E-state index in [2.05, 4.69) is 5.32 Å². The molecule has 0 spiro atoms. The second kappa shape index (κ2) is 5.69. The summed E-state index contributed by atoms with van der Waals surface area (Å²) in [5, 5.41) is 13.2. The molecule has 1 aliphatic rings. The largest absolute Gasteiger partial charge is 0.387 e. The Bertz CT molecular complexity index is 155. The van der Waals surface area contributed by atoms with E-state index in [-0.39, 0.29) is 6.10 Å². The van der Waals surface area contributed by atoms with Crippen LogP contribution < -0.4 is 5.32 Å². The van der Waals surface area contributed by atoms with Crippen LogP contribution in [0, 0.1) is 0 Å². The molecule has 0 bridgehead atoms. The lowest BCUT2D eigenvalue weighted by molar-refractivity contribution is -0.0860. The first-order valence-corrected chi connectivity index (χ1v) is 5.65. The van der Waals surface area contributed by atoms with Crippen LogP contribution in [-0.2, 0) is 4.74 Å². The summed E-state index contributed by atoms with van der Waals surface area (Å²) >= 11 is 0. The van der Waals surface area contributed by atoms with Crippen molar-refractivity contribution < 1.29 is 9.84 Å². The highest BCUT2D eigenvalue weighted by molar-refractivity contribution is 4.82. The first-order valence-electron chi connectivity index (χ1n) is 5.65. The van der Waals surface area contributed by atoms with Crippen molar-refractivity contribution in [3.8, 4) is 0 Å². The van der Waals surface area contributed by atoms with Gasteiger partial charge in [0.15, 0.2) is 0 Å². The summed E-state index contributed by atoms with van der Waals surface area (Å²) in [5.74, 6) is 0. The van der Waals surface area contributed by atoms with Crippen LogP contribution in [0.3, 0.4) is 0 Å². The highest BCUT2D eigenvalue weighted by atomic mass is 16.5. The van der Waals surface area contributed by atoms with E-state index in [9.17, 15) is 5.11 Å². The van der Waals surface area contributed by atoms with Gasteiger partial charge in [0.2, 0.25) is 0 Å². The summed E-state index contributed by atoms with van der Waals surface area (Å²) in [5.41, 5.74) is -0.541. The van der Waals surface area contributed by atoms with Gasteiger partial charge in [0.1, 0.15) is 0 Å². The normalized spacial score (nSPS) is 23.4. The van der Waals surface area contributed by atoms with Gasteiger partial charge >= 0.3 is 0 Å². The van der Waals surface area contributed by atoms with Crippen molar-refractivity contribution in [1.82, 2.24) is 5.32 Å². The van der Waals surface area contributed by atoms with E-state index >= 15 is 0 Å². The van der Waals surface area contributed by atoms with Gasteiger partial charge in [-0.2, -0.15) is 0 Å². The molecule has 0 aromatic heterocycles. The molecular formula is C11H23NO2. The SMILES string of the molecule is CNCC(C)OCC1(O)CCCCC1. The standard InChI is InChI=1S/C11H23NO2/c1-10(8-12-2)14-9-11(13)6-4-3-5-7-11/h10,12-13H,3-9H2,1-2H3. The Morgan fingerprint density at radius 3 is 2.57 bits per heavy atom. The monoisotopic (exact) mass is 201 g/mol. The summed E-state index contributed by atoms with van der Waals surface area (Å²) in [7, 11) is 1.91. The second-order valence-electron chi connectivity index (χ2n) is 4.46. The molecule has 1 rings (SSSR count). The molecule has 0 aromatic rings. The highest BCUT2D eigenvalue weighted by Gasteiger charge is 2.29. The van der Waals surface area contributed by atoms with Crippen molar-refractivity contribution in [2.75, 3.05) is 20.2 Å². The van der Waals surface area contributed by atoms with Crippen LogP contribution in [0.5, 0.6) is 0 Å². The van der Waals surface area contributed by atoms with E-state index < -0.39 is 5.60 Å². The van der Waals surface area contributed by atoms with Gasteiger partial charge in [0.25, 0.3) is 0 Å². The molecule has 0 radical (unpaired) electrons. The van der Waals surface area contributed by atoms with Gasteiger partial charge in [-0.15, -0.1) is 0 Å². The number of rotatable bonds is 5. The predicted octanol–water partition coefficient (Wildman–Crippen LogP) is 1.31. The highest BCUT2D eigenvalue weighted by Crippen LogP contribution is 2.28. The molecule has 0 aromatic carbocycles. The summed E-state index contributed by atoms with van der Waals surface area (Å²) in [6, 6.07) is 0. The van der Waals surface area contributed by atoms with E-state index in [0.717, 1.165) is 32.2 Å². The topological polar surface area (TPSA) is 41.5 Å². The number of hydrogen-bond donors (Lipinski definition) is 2. The third-order valence-electron chi connectivity index (χ3n) is 2.91. The minimum atomic E-state index is -0.541. The fraction of sp³-hybridized carbons (Fsp3) is 1.00. The first-order chi connectivity index (χ1) is 6.66. The molecular weight excluding hydrogens is 178 g/mol. The van der Waals surface area contributed by atoms with Crippen LogP contribution in [0.25, 0.3) is 0 Å². The number of likely N-dealkylation sites (N-methyl/N-ethyl adjacent to an activating group) is 1. The minimum Gasteiger partial charge on any atom is -0.387 e. The number of hydrogen-bond acceptors (Lipinski definition) is 3. The molecule has 1 saturated carbocycles. The third-order valence-corrected chi connectivity index (χ3v) is 2.91. The lowest BCUT2D eigenvalue weighted by atomic mass is 9.85. The van der Waals surface area contributed by atoms with Gasteiger partial charge < -0.3 is 15.2 Å². The van der Waals surface area contributed by atoms with Gasteiger partial charge in [-0.05, 0) is 26.8 Å². The zero-order valence-electron chi connectivity index (χ0n) is 9.38. The summed E-state index contributed by atoms with van der Waals surface area (Å²) in [6.45, 7) is 3.37. The van der Waals surface area contributed by atoms with Crippen molar-refractivity contribution in [2.45, 2.75) is 50.7 Å². The van der Waals surface area contributed by atoms with Gasteiger partial charge in [-0.3, -0.25) is 0 Å². The summed E-state index contributed by atoms with van der Waals surface area (Å²) in [4.78, 5) is 0. The molecule has 3 nitrogen and oxygen atoms in total. The molecule has 1 atom stereocenters. The third kappa shape index (κ3) is 3.95. The van der Waals surface area contributed by atoms with Crippen molar-refractivity contribution in [2.24, 2.45) is 0 Å². The number of aliphatic hydroxyl groups is 1. The maximum Gasteiger partial charge on any atom is 0.0880 e. The maximum absolute atomic E-state index is 10.1. The molecule has 0 amide bonds. The maximum atomic E-state index is 10.1. The Balaban J connectivity index is 2.21. The van der Waals surface area contributed by atoms with E-state index in [4.69, 9.17) is 4.74 Å². The fourth-order valence-corrected chi connectivity index (χ4v) is 2.00. The molecule has 0 saturated heterocycles. The van der Waals surface area contributed by atoms with Gasteiger partial charge in [0.05, 0.1) is 18.3 Å². The van der Waals surface area contributed by atoms with E-state index in [1.807, 2.05) is 14.0 Å². The first kappa shape index (κ1) is 12.0. The predicted molar refractivity (Wildman–Crippen MR) is 57.4 cm³/mol. The molecule has 2 N–H and O–H groups in total. The van der Waals surface area contributed by atoms with Crippen molar-refractivity contribution >= 4 is 0 Å². The Labute approximate surface area is 86.8 Å². The molecule has 0 aliphatic heterocycles. The molecule has 1 fully saturated rings. The van der Waals surface area contributed by atoms with Crippen LogP contribution in [0.2, 0.25) is 0 Å². The average molecular weight is 201 g/mol. The van der Waals surface area contributed by atoms with Gasteiger partial charge in [-0.25, -0.2) is 0 Å². The average Bonchev–Trinajstić information content (AvgIpc) is 2.17. The summed E-state index contributed by atoms with van der Waals surface area (Å²) < 4.78 is 5.61. The van der Waals surface area contributed by atoms with Crippen LogP contribution in [0.4, 0.5) is 0 Å². The Morgan fingerprint density at radius 2 is 2.00 bits per heavy atom. The molecule has 0 heterocycles. The number of ether oxygens (including phenoxy) is 1. The van der Waals surface area contributed by atoms with E-state index in [1.54, 1.807) is 0 Å². The lowest BCUT2D eigenvalue weighted by Gasteiger charge is -2.32. The van der Waals surface area contributed by atoms with Crippen LogP contribution in [0.15, 0.2) is 0 Å². The summed E-state index contributed by atoms with van der Waals surface area (Å²) in [6.07, 6.45) is 5.53. The van der Waals surface area contributed by atoms with Crippen LogP contribution in [-0.4, -0.2) is 37.0 Å². The Morgan fingerprint density at radius 1 is 1.36 bits per heavy atom. The molecule has 1 aliphatic carbocycles.